The first-order chi connectivity index (χ1) is 9.54. The fourth-order valence-corrected chi connectivity index (χ4v) is 1.65. The van der Waals surface area contributed by atoms with E-state index in [1.807, 2.05) is 13.8 Å². The van der Waals surface area contributed by atoms with Gasteiger partial charge in [-0.1, -0.05) is 13.8 Å². The number of carbonyl (C=O) groups excluding carboxylic acids is 1. The predicted molar refractivity (Wildman–Crippen MR) is 74.0 cm³/mol. The van der Waals surface area contributed by atoms with Crippen molar-refractivity contribution in [2.24, 2.45) is 5.84 Å². The van der Waals surface area contributed by atoms with Gasteiger partial charge in [0.05, 0.1) is 25.1 Å². The van der Waals surface area contributed by atoms with E-state index in [1.54, 1.807) is 0 Å². The molecule has 0 aromatic carbocycles. The van der Waals surface area contributed by atoms with Crippen LogP contribution >= 0.6 is 0 Å². The Morgan fingerprint density at radius 2 is 2.00 bits per heavy atom. The van der Waals surface area contributed by atoms with Crippen molar-refractivity contribution >= 4 is 11.6 Å². The molecule has 0 aliphatic rings. The lowest BCUT2D eigenvalue weighted by Gasteiger charge is -2.21. The third kappa shape index (κ3) is 3.86. The molecule has 1 amide bonds. The van der Waals surface area contributed by atoms with Crippen molar-refractivity contribution < 1.29 is 15.0 Å². The summed E-state index contributed by atoms with van der Waals surface area (Å²) in [7, 11) is 0. The van der Waals surface area contributed by atoms with Gasteiger partial charge in [0.2, 0.25) is 0 Å². The van der Waals surface area contributed by atoms with E-state index in [0.717, 1.165) is 0 Å². The topological polar surface area (TPSA) is 125 Å². The average Bonchev–Trinajstić information content (AvgIpc) is 2.45. The molecular formula is C12H21N5O3. The summed E-state index contributed by atoms with van der Waals surface area (Å²) in [6.07, 6.45) is 1.45. The molecular weight excluding hydrogens is 262 g/mol. The van der Waals surface area contributed by atoms with E-state index in [4.69, 9.17) is 16.1 Å². The normalized spacial score (nSPS) is 10.7. The molecule has 8 nitrogen and oxygen atoms in total. The lowest BCUT2D eigenvalue weighted by Crippen LogP contribution is -2.37. The molecule has 5 N–H and O–H groups in total. The van der Waals surface area contributed by atoms with Gasteiger partial charge in [0.25, 0.3) is 5.91 Å². The summed E-state index contributed by atoms with van der Waals surface area (Å²) in [5.74, 6) is 5.55. The first-order valence-electron chi connectivity index (χ1n) is 6.39. The van der Waals surface area contributed by atoms with E-state index in [0.29, 0.717) is 11.5 Å². The number of carbonyl (C=O) groups is 1. The van der Waals surface area contributed by atoms with Crippen molar-refractivity contribution in [1.82, 2.24) is 14.9 Å². The molecule has 1 aromatic heterocycles. The maximum atomic E-state index is 12.4. The van der Waals surface area contributed by atoms with Crippen LogP contribution in [0.3, 0.4) is 0 Å². The van der Waals surface area contributed by atoms with Crippen LogP contribution in [0.25, 0.3) is 0 Å². The molecule has 0 fully saturated rings. The second-order valence-corrected chi connectivity index (χ2v) is 4.53. The standard InChI is InChI=1S/C12H21N5O3/c1-8(2)11-14-7-9(16-13)10(15-11)12(20)17(3-5-18)4-6-19/h7-8,16,18-19H,3-6,13H2,1-2H3. The van der Waals surface area contributed by atoms with Crippen LogP contribution in [-0.2, 0) is 0 Å². The van der Waals surface area contributed by atoms with Crippen molar-refractivity contribution in [3.05, 3.63) is 17.7 Å². The van der Waals surface area contributed by atoms with Gasteiger partial charge in [0.15, 0.2) is 5.69 Å². The van der Waals surface area contributed by atoms with E-state index >= 15 is 0 Å². The highest BCUT2D eigenvalue weighted by molar-refractivity contribution is 5.97. The summed E-state index contributed by atoms with van der Waals surface area (Å²) < 4.78 is 0. The Kier molecular flexibility index (Phi) is 6.29. The number of hydrogen-bond donors (Lipinski definition) is 4. The minimum atomic E-state index is -0.412. The summed E-state index contributed by atoms with van der Waals surface area (Å²) in [5, 5.41) is 18.0. The van der Waals surface area contributed by atoms with E-state index in [-0.39, 0.29) is 37.9 Å². The third-order valence-electron chi connectivity index (χ3n) is 2.71. The van der Waals surface area contributed by atoms with Crippen LogP contribution in [0, 0.1) is 0 Å². The molecule has 0 bridgehead atoms. The van der Waals surface area contributed by atoms with Gasteiger partial charge in [-0.3, -0.25) is 10.6 Å². The molecule has 20 heavy (non-hydrogen) atoms. The monoisotopic (exact) mass is 283 g/mol. The van der Waals surface area contributed by atoms with Crippen LogP contribution in [0.4, 0.5) is 5.69 Å². The lowest BCUT2D eigenvalue weighted by molar-refractivity contribution is 0.0679. The summed E-state index contributed by atoms with van der Waals surface area (Å²) in [6, 6.07) is 0. The Morgan fingerprint density at radius 1 is 1.40 bits per heavy atom. The molecule has 0 radical (unpaired) electrons. The van der Waals surface area contributed by atoms with Gasteiger partial charge in [0, 0.05) is 19.0 Å². The van der Waals surface area contributed by atoms with Crippen LogP contribution in [0.1, 0.15) is 36.1 Å². The number of aliphatic hydroxyl groups is 2. The molecule has 112 valence electrons. The Morgan fingerprint density at radius 3 is 2.45 bits per heavy atom. The zero-order chi connectivity index (χ0) is 15.1. The lowest BCUT2D eigenvalue weighted by atomic mass is 10.2. The number of amides is 1. The summed E-state index contributed by atoms with van der Waals surface area (Å²) in [5.41, 5.74) is 2.82. The Balaban J connectivity index is 3.13. The van der Waals surface area contributed by atoms with Gasteiger partial charge in [-0.2, -0.15) is 0 Å². The van der Waals surface area contributed by atoms with Gasteiger partial charge in [-0.05, 0) is 0 Å². The van der Waals surface area contributed by atoms with E-state index in [1.165, 1.54) is 11.1 Å². The number of nitrogens with zero attached hydrogens (tertiary/aromatic N) is 3. The number of anilines is 1. The van der Waals surface area contributed by atoms with E-state index in [2.05, 4.69) is 15.4 Å². The Hall–Kier alpha value is -1.77. The molecule has 0 spiro atoms. The van der Waals surface area contributed by atoms with Crippen molar-refractivity contribution in [2.45, 2.75) is 19.8 Å². The molecule has 0 aliphatic carbocycles. The third-order valence-corrected chi connectivity index (χ3v) is 2.71. The van der Waals surface area contributed by atoms with E-state index in [9.17, 15) is 4.79 Å². The molecule has 0 unspecified atom stereocenters. The van der Waals surface area contributed by atoms with Gasteiger partial charge in [-0.25, -0.2) is 9.97 Å². The largest absolute Gasteiger partial charge is 0.395 e. The Bertz CT molecular complexity index is 447. The zero-order valence-electron chi connectivity index (χ0n) is 11.7. The number of nitrogens with one attached hydrogen (secondary N) is 1. The second kappa shape index (κ2) is 7.73. The minimum absolute atomic E-state index is 0.0671. The number of nitrogens with two attached hydrogens (primary N) is 1. The van der Waals surface area contributed by atoms with Gasteiger partial charge in [-0.15, -0.1) is 0 Å². The maximum Gasteiger partial charge on any atom is 0.274 e. The number of aromatic nitrogens is 2. The van der Waals surface area contributed by atoms with Crippen LogP contribution in [0.2, 0.25) is 0 Å². The zero-order valence-corrected chi connectivity index (χ0v) is 11.7. The molecule has 0 saturated carbocycles. The molecule has 1 aromatic rings. The van der Waals surface area contributed by atoms with Gasteiger partial charge >= 0.3 is 0 Å². The van der Waals surface area contributed by atoms with Crippen LogP contribution < -0.4 is 11.3 Å². The van der Waals surface area contributed by atoms with Crippen molar-refractivity contribution in [1.29, 1.82) is 0 Å². The SMILES string of the molecule is CC(C)c1ncc(NN)c(C(=O)N(CCO)CCO)n1. The highest BCUT2D eigenvalue weighted by atomic mass is 16.3. The van der Waals surface area contributed by atoms with Crippen molar-refractivity contribution in [3.63, 3.8) is 0 Å². The van der Waals surface area contributed by atoms with Gasteiger partial charge < -0.3 is 20.5 Å². The minimum Gasteiger partial charge on any atom is -0.395 e. The fourth-order valence-electron chi connectivity index (χ4n) is 1.65. The highest BCUT2D eigenvalue weighted by Gasteiger charge is 2.21. The maximum absolute atomic E-state index is 12.4. The van der Waals surface area contributed by atoms with Crippen molar-refractivity contribution in [3.8, 4) is 0 Å². The fraction of sp³-hybridized carbons (Fsp3) is 0.583. The highest BCUT2D eigenvalue weighted by Crippen LogP contribution is 2.17. The number of hydrazine groups is 1. The molecule has 8 heteroatoms. The number of rotatable bonds is 7. The van der Waals surface area contributed by atoms with Gasteiger partial charge in [0.1, 0.15) is 5.82 Å². The summed E-state index contributed by atoms with van der Waals surface area (Å²) in [4.78, 5) is 22.1. The summed E-state index contributed by atoms with van der Waals surface area (Å²) in [6.45, 7) is 3.67. The number of hydrogen-bond acceptors (Lipinski definition) is 7. The molecule has 1 rings (SSSR count). The average molecular weight is 283 g/mol. The quantitative estimate of drug-likeness (QED) is 0.385. The first-order valence-corrected chi connectivity index (χ1v) is 6.39. The molecule has 0 atom stereocenters. The van der Waals surface area contributed by atoms with Crippen molar-refractivity contribution in [2.75, 3.05) is 31.7 Å². The number of aliphatic hydroxyl groups excluding tert-OH is 2. The first kappa shape index (κ1) is 16.3. The smallest absolute Gasteiger partial charge is 0.274 e. The van der Waals surface area contributed by atoms with E-state index < -0.39 is 5.91 Å². The van der Waals surface area contributed by atoms with Crippen LogP contribution in [0.15, 0.2) is 6.20 Å². The number of nitrogen functional groups attached to an aromatic ring is 1. The predicted octanol–water partition coefficient (Wildman–Crippen LogP) is -0.688. The molecule has 0 aliphatic heterocycles. The second-order valence-electron chi connectivity index (χ2n) is 4.53. The Labute approximate surface area is 117 Å². The summed E-state index contributed by atoms with van der Waals surface area (Å²) >= 11 is 0. The van der Waals surface area contributed by atoms with Crippen LogP contribution in [-0.4, -0.2) is 57.3 Å². The van der Waals surface area contributed by atoms with Crippen LogP contribution in [0.5, 0.6) is 0 Å². The molecule has 0 saturated heterocycles. The molecule has 1 heterocycles.